The standard InChI is InChI=1S/C20H16BrF2N5O2S2/c1-7-4-5-11(31-7)9-6-10(17(22)23)25-20-12(9)14(16(32-20)18(24)29)26-19(30)15-13(21)8(2)27-28(15)3/h4-6,17H,1-3H3,(H2,24,29)(H,26,30). The number of thiophene rings is 2. The minimum Gasteiger partial charge on any atom is -0.365 e. The van der Waals surface area contributed by atoms with Gasteiger partial charge in [0.15, 0.2) is 0 Å². The summed E-state index contributed by atoms with van der Waals surface area (Å²) in [6, 6.07) is 4.96. The van der Waals surface area contributed by atoms with E-state index in [-0.39, 0.29) is 21.1 Å². The van der Waals surface area contributed by atoms with E-state index >= 15 is 0 Å². The summed E-state index contributed by atoms with van der Waals surface area (Å²) in [5.41, 5.74) is 6.59. The van der Waals surface area contributed by atoms with Crippen LogP contribution in [0.15, 0.2) is 22.7 Å². The fourth-order valence-corrected chi connectivity index (χ4v) is 5.77. The maximum atomic E-state index is 13.6. The summed E-state index contributed by atoms with van der Waals surface area (Å²) < 4.78 is 29.0. The Morgan fingerprint density at radius 1 is 1.25 bits per heavy atom. The molecule has 0 radical (unpaired) electrons. The lowest BCUT2D eigenvalue weighted by molar-refractivity contribution is 0.100. The van der Waals surface area contributed by atoms with Gasteiger partial charge in [0.05, 0.1) is 15.9 Å². The highest BCUT2D eigenvalue weighted by molar-refractivity contribution is 9.10. The van der Waals surface area contributed by atoms with Crippen LogP contribution in [0.25, 0.3) is 20.7 Å². The van der Waals surface area contributed by atoms with Crippen molar-refractivity contribution in [2.24, 2.45) is 12.8 Å². The molecule has 0 spiro atoms. The van der Waals surface area contributed by atoms with Crippen molar-refractivity contribution in [1.82, 2.24) is 14.8 Å². The van der Waals surface area contributed by atoms with Crippen molar-refractivity contribution < 1.29 is 18.4 Å². The van der Waals surface area contributed by atoms with E-state index in [9.17, 15) is 18.4 Å². The first kappa shape index (κ1) is 22.5. The Labute approximate surface area is 197 Å². The van der Waals surface area contributed by atoms with Crippen LogP contribution in [0.4, 0.5) is 14.5 Å². The lowest BCUT2D eigenvalue weighted by Crippen LogP contribution is -2.19. The lowest BCUT2D eigenvalue weighted by atomic mass is 10.1. The highest BCUT2D eigenvalue weighted by Gasteiger charge is 2.27. The summed E-state index contributed by atoms with van der Waals surface area (Å²) in [7, 11) is 1.61. The molecular weight excluding hydrogens is 524 g/mol. The van der Waals surface area contributed by atoms with Gasteiger partial charge in [0.1, 0.15) is 21.1 Å². The average molecular weight is 540 g/mol. The monoisotopic (exact) mass is 539 g/mol. The number of hydrogen-bond donors (Lipinski definition) is 2. The molecule has 0 aliphatic rings. The van der Waals surface area contributed by atoms with E-state index in [0.717, 1.165) is 16.2 Å². The minimum atomic E-state index is -2.80. The van der Waals surface area contributed by atoms with Crippen molar-refractivity contribution in [3.05, 3.63) is 49.5 Å². The second kappa shape index (κ2) is 8.34. The van der Waals surface area contributed by atoms with Gasteiger partial charge in [-0.3, -0.25) is 14.3 Å². The summed E-state index contributed by atoms with van der Waals surface area (Å²) in [6.07, 6.45) is -2.80. The van der Waals surface area contributed by atoms with Crippen LogP contribution in [-0.2, 0) is 7.05 Å². The molecule has 7 nitrogen and oxygen atoms in total. The quantitative estimate of drug-likeness (QED) is 0.353. The van der Waals surface area contributed by atoms with E-state index in [1.807, 2.05) is 13.0 Å². The fourth-order valence-electron chi connectivity index (χ4n) is 3.35. The summed E-state index contributed by atoms with van der Waals surface area (Å²) in [5.74, 6) is -1.33. The number of anilines is 1. The maximum Gasteiger partial charge on any atom is 0.280 e. The Morgan fingerprint density at radius 3 is 2.50 bits per heavy atom. The molecule has 0 aromatic carbocycles. The van der Waals surface area contributed by atoms with Gasteiger partial charge in [-0.1, -0.05) is 0 Å². The number of primary amides is 1. The van der Waals surface area contributed by atoms with Crippen molar-refractivity contribution in [2.75, 3.05) is 5.32 Å². The highest BCUT2D eigenvalue weighted by atomic mass is 79.9. The third-order valence-electron chi connectivity index (χ3n) is 4.74. The molecule has 12 heteroatoms. The van der Waals surface area contributed by atoms with E-state index in [1.54, 1.807) is 20.0 Å². The minimum absolute atomic E-state index is 0.0248. The Hall–Kier alpha value is -2.70. The number of nitrogens with two attached hydrogens (primary N) is 1. The molecule has 0 atom stereocenters. The summed E-state index contributed by atoms with van der Waals surface area (Å²) >= 11 is 5.63. The van der Waals surface area contributed by atoms with Crippen LogP contribution in [0.1, 0.15) is 42.9 Å². The average Bonchev–Trinajstić information content (AvgIpc) is 3.37. The number of aromatic nitrogens is 3. The Bertz CT molecular complexity index is 1390. The zero-order chi connectivity index (χ0) is 23.3. The van der Waals surface area contributed by atoms with Crippen LogP contribution < -0.4 is 11.1 Å². The molecule has 32 heavy (non-hydrogen) atoms. The van der Waals surface area contributed by atoms with Crippen LogP contribution in [0.5, 0.6) is 0 Å². The molecule has 4 rings (SSSR count). The van der Waals surface area contributed by atoms with Gasteiger partial charge >= 0.3 is 0 Å². The second-order valence-electron chi connectivity index (χ2n) is 6.98. The number of halogens is 3. The number of nitrogens with one attached hydrogen (secondary N) is 1. The van der Waals surface area contributed by atoms with E-state index in [4.69, 9.17) is 5.73 Å². The van der Waals surface area contributed by atoms with Gasteiger partial charge in [-0.05, 0) is 48.0 Å². The predicted molar refractivity (Wildman–Crippen MR) is 125 cm³/mol. The molecule has 0 saturated carbocycles. The van der Waals surface area contributed by atoms with Gasteiger partial charge in [-0.15, -0.1) is 22.7 Å². The molecule has 3 N–H and O–H groups in total. The van der Waals surface area contributed by atoms with Crippen molar-refractivity contribution in [3.8, 4) is 10.4 Å². The largest absolute Gasteiger partial charge is 0.365 e. The molecule has 0 aliphatic carbocycles. The van der Waals surface area contributed by atoms with Crippen LogP contribution in [-0.4, -0.2) is 26.6 Å². The number of carbonyl (C=O) groups excluding carboxylic acids is 2. The normalized spacial score (nSPS) is 11.5. The molecule has 4 aromatic rings. The number of pyridine rings is 1. The van der Waals surface area contributed by atoms with Crippen LogP contribution in [0.3, 0.4) is 0 Å². The summed E-state index contributed by atoms with van der Waals surface area (Å²) in [5, 5.41) is 7.34. The van der Waals surface area contributed by atoms with Gasteiger partial charge in [-0.2, -0.15) is 5.10 Å². The van der Waals surface area contributed by atoms with E-state index < -0.39 is 23.9 Å². The van der Waals surface area contributed by atoms with E-state index in [2.05, 4.69) is 31.3 Å². The van der Waals surface area contributed by atoms with Crippen molar-refractivity contribution >= 4 is 66.3 Å². The molecule has 0 aliphatic heterocycles. The molecule has 4 aromatic heterocycles. The number of nitrogens with zero attached hydrogens (tertiary/aromatic N) is 3. The topological polar surface area (TPSA) is 103 Å². The Balaban J connectivity index is 1.97. The van der Waals surface area contributed by atoms with Gasteiger partial charge in [0, 0.05) is 27.8 Å². The zero-order valence-corrected chi connectivity index (χ0v) is 20.2. The lowest BCUT2D eigenvalue weighted by Gasteiger charge is -2.10. The second-order valence-corrected chi connectivity index (χ2v) is 10.1. The summed E-state index contributed by atoms with van der Waals surface area (Å²) in [6.45, 7) is 3.64. The number of amides is 2. The molecule has 0 bridgehead atoms. The number of rotatable bonds is 5. The molecule has 0 fully saturated rings. The Morgan fingerprint density at radius 2 is 1.97 bits per heavy atom. The van der Waals surface area contributed by atoms with Crippen LogP contribution in [0, 0.1) is 13.8 Å². The molecule has 2 amide bonds. The van der Waals surface area contributed by atoms with E-state index in [0.29, 0.717) is 26.0 Å². The maximum absolute atomic E-state index is 13.6. The van der Waals surface area contributed by atoms with Gasteiger partial charge < -0.3 is 11.1 Å². The molecule has 166 valence electrons. The van der Waals surface area contributed by atoms with Gasteiger partial charge in [0.2, 0.25) is 0 Å². The van der Waals surface area contributed by atoms with Crippen molar-refractivity contribution in [1.29, 1.82) is 0 Å². The van der Waals surface area contributed by atoms with Crippen LogP contribution >= 0.6 is 38.6 Å². The van der Waals surface area contributed by atoms with Gasteiger partial charge in [-0.25, -0.2) is 13.8 Å². The highest BCUT2D eigenvalue weighted by Crippen LogP contribution is 2.44. The third kappa shape index (κ3) is 3.82. The number of fused-ring (bicyclic) bond motifs is 1. The number of carbonyl (C=O) groups is 2. The zero-order valence-electron chi connectivity index (χ0n) is 17.0. The fraction of sp³-hybridized carbons (Fsp3) is 0.200. The smallest absolute Gasteiger partial charge is 0.280 e. The molecule has 0 unspecified atom stereocenters. The molecule has 0 saturated heterocycles. The third-order valence-corrected chi connectivity index (χ3v) is 7.82. The van der Waals surface area contributed by atoms with Crippen LogP contribution in [0.2, 0.25) is 0 Å². The van der Waals surface area contributed by atoms with Gasteiger partial charge in [0.25, 0.3) is 18.2 Å². The summed E-state index contributed by atoms with van der Waals surface area (Å²) in [4.78, 5) is 31.3. The number of aryl methyl sites for hydroxylation is 3. The van der Waals surface area contributed by atoms with Crippen molar-refractivity contribution in [3.63, 3.8) is 0 Å². The molecular formula is C20H16BrF2N5O2S2. The van der Waals surface area contributed by atoms with E-state index in [1.165, 1.54) is 22.1 Å². The first-order chi connectivity index (χ1) is 15.1. The SMILES string of the molecule is Cc1ccc(-c2cc(C(F)F)nc3sc(C(N)=O)c(NC(=O)c4c(Br)c(C)nn4C)c23)s1. The first-order valence-corrected chi connectivity index (χ1v) is 11.6. The predicted octanol–water partition coefficient (Wildman–Crippen LogP) is 5.43. The van der Waals surface area contributed by atoms with Crippen molar-refractivity contribution in [2.45, 2.75) is 20.3 Å². The first-order valence-electron chi connectivity index (χ1n) is 9.21. The molecule has 4 heterocycles. The Kier molecular flexibility index (Phi) is 5.86. The number of hydrogen-bond acceptors (Lipinski definition) is 6. The number of alkyl halides is 2.